The van der Waals surface area contributed by atoms with Gasteiger partial charge in [-0.3, -0.25) is 19.3 Å². The third kappa shape index (κ3) is 5.89. The van der Waals surface area contributed by atoms with Crippen LogP contribution < -0.4 is 36.1 Å². The van der Waals surface area contributed by atoms with Crippen LogP contribution >= 0.6 is 11.5 Å². The van der Waals surface area contributed by atoms with Crippen LogP contribution in [0.4, 0.5) is 17.1 Å². The van der Waals surface area contributed by atoms with Gasteiger partial charge in [0.15, 0.2) is 17.2 Å². The highest BCUT2D eigenvalue weighted by atomic mass is 32.1. The molecule has 0 bridgehead atoms. The fourth-order valence-corrected chi connectivity index (χ4v) is 4.79. The monoisotopic (exact) mass is 554 g/mol. The van der Waals surface area contributed by atoms with Crippen molar-refractivity contribution in [3.63, 3.8) is 0 Å². The summed E-state index contributed by atoms with van der Waals surface area (Å²) in [6.07, 6.45) is 0. The lowest BCUT2D eigenvalue weighted by atomic mass is 10.0. The Labute approximate surface area is 229 Å². The van der Waals surface area contributed by atoms with Gasteiger partial charge in [0.25, 0.3) is 11.8 Å². The first-order valence-electron chi connectivity index (χ1n) is 12.0. The van der Waals surface area contributed by atoms with E-state index >= 15 is 0 Å². The Morgan fingerprint density at radius 1 is 1.08 bits per heavy atom. The average Bonchev–Trinajstić information content (AvgIpc) is 3.32. The zero-order valence-corrected chi connectivity index (χ0v) is 22.6. The quantitative estimate of drug-likeness (QED) is 0.317. The van der Waals surface area contributed by atoms with Gasteiger partial charge in [0.1, 0.15) is 24.1 Å². The van der Waals surface area contributed by atoms with Gasteiger partial charge in [-0.05, 0) is 41.4 Å². The van der Waals surface area contributed by atoms with E-state index in [0.717, 1.165) is 17.2 Å². The van der Waals surface area contributed by atoms with Crippen molar-refractivity contribution in [2.24, 2.45) is 5.73 Å². The van der Waals surface area contributed by atoms with Gasteiger partial charge in [-0.1, -0.05) is 12.1 Å². The highest BCUT2D eigenvalue weighted by Crippen LogP contribution is 2.39. The topological polar surface area (TPSA) is 162 Å². The maximum atomic E-state index is 14.2. The fourth-order valence-electron chi connectivity index (χ4n) is 4.05. The molecule has 0 aliphatic carbocycles. The number of nitrogens with zero attached hydrogens (tertiary/aromatic N) is 3. The van der Waals surface area contributed by atoms with Crippen LogP contribution in [-0.4, -0.2) is 69.7 Å². The maximum Gasteiger partial charge on any atom is 0.273 e. The molecule has 0 saturated carbocycles. The zero-order valence-electron chi connectivity index (χ0n) is 21.8. The molecule has 5 N–H and O–H groups in total. The summed E-state index contributed by atoms with van der Waals surface area (Å²) in [5.41, 5.74) is 13.0. The second-order valence-corrected chi connectivity index (χ2v) is 9.59. The summed E-state index contributed by atoms with van der Waals surface area (Å²) >= 11 is 0.735. The zero-order chi connectivity index (χ0) is 28.1. The van der Waals surface area contributed by atoms with Gasteiger partial charge in [-0.25, -0.2) is 0 Å². The smallest absolute Gasteiger partial charge is 0.273 e. The minimum absolute atomic E-state index is 0.0294. The van der Waals surface area contributed by atoms with Crippen molar-refractivity contribution in [3.05, 3.63) is 58.6 Å². The van der Waals surface area contributed by atoms with Gasteiger partial charge in [0.05, 0.1) is 12.3 Å². The van der Waals surface area contributed by atoms with E-state index in [1.165, 1.54) is 12.0 Å². The number of anilines is 3. The standard InChI is InChI=1S/C26H30N6O6S/c1-31(2)16-6-4-15(5-7-16)22(25(34)29-10-11-36-3)32(17-8-9-18-19(14-17)38-13-12-37-18)26(35)23-20(27)21(24(28)33)30-39-23/h4-9,14,22H,10-13,27H2,1-3H3,(H2,28,33)(H,29,34)/t22-/m1/s1. The van der Waals surface area contributed by atoms with E-state index in [1.807, 2.05) is 31.1 Å². The van der Waals surface area contributed by atoms with E-state index < -0.39 is 23.8 Å². The molecular weight excluding hydrogens is 524 g/mol. The molecule has 1 aromatic heterocycles. The third-order valence-electron chi connectivity index (χ3n) is 6.02. The molecule has 206 valence electrons. The first-order valence-corrected chi connectivity index (χ1v) is 12.8. The molecule has 1 aliphatic heterocycles. The van der Waals surface area contributed by atoms with Crippen LogP contribution in [0.15, 0.2) is 42.5 Å². The highest BCUT2D eigenvalue weighted by molar-refractivity contribution is 7.09. The Balaban J connectivity index is 1.87. The van der Waals surface area contributed by atoms with E-state index in [4.69, 9.17) is 25.7 Å². The minimum Gasteiger partial charge on any atom is -0.486 e. The van der Waals surface area contributed by atoms with Crippen LogP contribution in [0, 0.1) is 0 Å². The summed E-state index contributed by atoms with van der Waals surface area (Å²) in [6.45, 7) is 1.23. The number of rotatable bonds is 10. The molecule has 3 aromatic rings. The molecule has 1 aliphatic rings. The van der Waals surface area contributed by atoms with Gasteiger partial charge < -0.3 is 35.9 Å². The molecule has 1 atom stereocenters. The normalized spacial score (nSPS) is 12.9. The lowest BCUT2D eigenvalue weighted by Crippen LogP contribution is -2.44. The van der Waals surface area contributed by atoms with Crippen molar-refractivity contribution in [1.82, 2.24) is 9.69 Å². The van der Waals surface area contributed by atoms with Gasteiger partial charge in [-0.2, -0.15) is 4.37 Å². The maximum absolute atomic E-state index is 14.2. The van der Waals surface area contributed by atoms with Crippen molar-refractivity contribution in [2.45, 2.75) is 6.04 Å². The van der Waals surface area contributed by atoms with Gasteiger partial charge in [0, 0.05) is 45.2 Å². The number of ether oxygens (including phenoxy) is 3. The number of primary amides is 1. The molecule has 0 fully saturated rings. The van der Waals surface area contributed by atoms with Crippen molar-refractivity contribution in [1.29, 1.82) is 0 Å². The van der Waals surface area contributed by atoms with Crippen molar-refractivity contribution in [3.8, 4) is 11.5 Å². The lowest BCUT2D eigenvalue weighted by molar-refractivity contribution is -0.122. The number of nitrogens with two attached hydrogens (primary N) is 2. The van der Waals surface area contributed by atoms with Gasteiger partial charge >= 0.3 is 0 Å². The molecule has 2 aromatic carbocycles. The first kappa shape index (κ1) is 27.7. The van der Waals surface area contributed by atoms with E-state index in [-0.39, 0.29) is 29.4 Å². The fraction of sp³-hybridized carbons (Fsp3) is 0.308. The van der Waals surface area contributed by atoms with E-state index in [2.05, 4.69) is 9.69 Å². The van der Waals surface area contributed by atoms with Crippen molar-refractivity contribution >= 4 is 46.3 Å². The molecule has 2 heterocycles. The van der Waals surface area contributed by atoms with E-state index in [1.54, 1.807) is 30.3 Å². The van der Waals surface area contributed by atoms with E-state index in [0.29, 0.717) is 36.0 Å². The second kappa shape index (κ2) is 12.0. The number of carbonyl (C=O) groups is 3. The second-order valence-electron chi connectivity index (χ2n) is 8.81. The van der Waals surface area contributed by atoms with E-state index in [9.17, 15) is 14.4 Å². The Bertz CT molecular complexity index is 1360. The number of aromatic nitrogens is 1. The van der Waals surface area contributed by atoms with Crippen LogP contribution in [0.5, 0.6) is 11.5 Å². The van der Waals surface area contributed by atoms with Crippen molar-refractivity contribution in [2.75, 3.05) is 63.1 Å². The largest absolute Gasteiger partial charge is 0.486 e. The molecule has 0 unspecified atom stereocenters. The average molecular weight is 555 g/mol. The number of methoxy groups -OCH3 is 1. The SMILES string of the molecule is COCCNC(=O)[C@@H](c1ccc(N(C)C)cc1)N(C(=O)c1snc(C(N)=O)c1N)c1ccc2c(c1)OCCO2. The summed E-state index contributed by atoms with van der Waals surface area (Å²) in [7, 11) is 5.33. The number of benzene rings is 2. The molecule has 39 heavy (non-hydrogen) atoms. The summed E-state index contributed by atoms with van der Waals surface area (Å²) in [6, 6.07) is 11.1. The number of hydrogen-bond acceptors (Lipinski definition) is 10. The molecular formula is C26H30N6O6S. The molecule has 3 amide bonds. The summed E-state index contributed by atoms with van der Waals surface area (Å²) in [5, 5.41) is 2.83. The van der Waals surface area contributed by atoms with Gasteiger partial charge in [0.2, 0.25) is 5.91 Å². The molecule has 13 heteroatoms. The van der Waals surface area contributed by atoms with Crippen LogP contribution in [0.3, 0.4) is 0 Å². The van der Waals surface area contributed by atoms with Crippen LogP contribution in [0.2, 0.25) is 0 Å². The number of nitrogen functional groups attached to an aromatic ring is 1. The molecule has 0 radical (unpaired) electrons. The Morgan fingerprint density at radius 2 is 1.74 bits per heavy atom. The molecule has 12 nitrogen and oxygen atoms in total. The number of amides is 3. The van der Waals surface area contributed by atoms with Crippen molar-refractivity contribution < 1.29 is 28.6 Å². The number of carbonyl (C=O) groups excluding carboxylic acids is 3. The van der Waals surface area contributed by atoms with Gasteiger partial charge in [-0.15, -0.1) is 0 Å². The predicted molar refractivity (Wildman–Crippen MR) is 148 cm³/mol. The van der Waals surface area contributed by atoms with Crippen LogP contribution in [0.1, 0.15) is 31.8 Å². The Morgan fingerprint density at radius 3 is 2.36 bits per heavy atom. The number of hydrogen-bond donors (Lipinski definition) is 3. The summed E-state index contributed by atoms with van der Waals surface area (Å²) in [4.78, 5) is 42.9. The Kier molecular flexibility index (Phi) is 8.52. The highest BCUT2D eigenvalue weighted by Gasteiger charge is 2.36. The minimum atomic E-state index is -1.13. The Hall–Kier alpha value is -4.36. The molecule has 0 saturated heterocycles. The number of fused-ring (bicyclic) bond motifs is 1. The molecule has 4 rings (SSSR count). The number of nitrogens with one attached hydrogen (secondary N) is 1. The predicted octanol–water partition coefficient (Wildman–Crippen LogP) is 1.81. The third-order valence-corrected chi connectivity index (χ3v) is 6.87. The summed E-state index contributed by atoms with van der Waals surface area (Å²) in [5.74, 6) is -1.01. The lowest BCUT2D eigenvalue weighted by Gasteiger charge is -2.32. The first-order chi connectivity index (χ1) is 18.7. The van der Waals surface area contributed by atoms with Crippen LogP contribution in [0.25, 0.3) is 0 Å². The molecule has 0 spiro atoms. The van der Waals surface area contributed by atoms with Crippen LogP contribution in [-0.2, 0) is 9.53 Å². The summed E-state index contributed by atoms with van der Waals surface area (Å²) < 4.78 is 20.5.